The predicted molar refractivity (Wildman–Crippen MR) is 153 cm³/mol. The Hall–Kier alpha value is -2.79. The predicted octanol–water partition coefficient (Wildman–Crippen LogP) is 5.79. The zero-order chi connectivity index (χ0) is 26.8. The summed E-state index contributed by atoms with van der Waals surface area (Å²) in [6.45, 7) is 4.77. The van der Waals surface area contributed by atoms with Crippen molar-refractivity contribution in [3.63, 3.8) is 0 Å². The number of piperidine rings is 1. The molecule has 3 aromatic heterocycles. The van der Waals surface area contributed by atoms with Gasteiger partial charge >= 0.3 is 5.97 Å². The Balaban J connectivity index is 1.12. The van der Waals surface area contributed by atoms with Gasteiger partial charge in [-0.1, -0.05) is 6.07 Å². The first kappa shape index (κ1) is 26.4. The standard InChI is InChI=1S/C29H31BrN4O4S/c1-36-29(35)20-5-7-24-25(15-20)34(16-21-11-14-37-21)27(31-24)17-33-12-9-19(10-13-33)23-3-2-4-28(32-23)38-18-22-6-8-26(30)39-22/h2-8,15,19,21H,9-14,16-18H2,1H3/t21-/m0/s1. The van der Waals surface area contributed by atoms with E-state index in [2.05, 4.69) is 37.5 Å². The van der Waals surface area contributed by atoms with Gasteiger partial charge in [-0.2, -0.15) is 0 Å². The minimum atomic E-state index is -0.337. The lowest BCUT2D eigenvalue weighted by atomic mass is 9.93. The fraction of sp³-hybridized carbons (Fsp3) is 0.414. The summed E-state index contributed by atoms with van der Waals surface area (Å²) in [7, 11) is 1.41. The Bertz CT molecular complexity index is 1460. The molecule has 2 saturated heterocycles. The molecule has 204 valence electrons. The summed E-state index contributed by atoms with van der Waals surface area (Å²) in [5.41, 5.74) is 3.48. The van der Waals surface area contributed by atoms with Gasteiger partial charge in [0.2, 0.25) is 5.88 Å². The topological polar surface area (TPSA) is 78.7 Å². The molecule has 4 aromatic rings. The fourth-order valence-electron chi connectivity index (χ4n) is 5.27. The molecule has 0 radical (unpaired) electrons. The molecule has 1 atom stereocenters. The zero-order valence-corrected chi connectivity index (χ0v) is 24.2. The van der Waals surface area contributed by atoms with Crippen LogP contribution >= 0.6 is 27.3 Å². The molecular weight excluding hydrogens is 580 g/mol. The van der Waals surface area contributed by atoms with Crippen molar-refractivity contribution in [3.05, 3.63) is 74.3 Å². The van der Waals surface area contributed by atoms with Crippen LogP contribution in [0.4, 0.5) is 0 Å². The van der Waals surface area contributed by atoms with Crippen molar-refractivity contribution in [1.82, 2.24) is 19.4 Å². The number of aromatic nitrogens is 3. The molecule has 0 N–H and O–H groups in total. The number of rotatable bonds is 9. The SMILES string of the molecule is COC(=O)c1ccc2nc(CN3CCC(c4cccc(OCc5ccc(Br)s5)n4)CC3)n(C[C@@H]3CCO3)c2c1. The third kappa shape index (κ3) is 6.04. The number of nitrogens with zero attached hydrogens (tertiary/aromatic N) is 4. The normalized spacial score (nSPS) is 18.3. The van der Waals surface area contributed by atoms with E-state index in [1.54, 1.807) is 17.4 Å². The van der Waals surface area contributed by atoms with Crippen molar-refractivity contribution in [3.8, 4) is 5.88 Å². The highest BCUT2D eigenvalue weighted by atomic mass is 79.9. The monoisotopic (exact) mass is 610 g/mol. The van der Waals surface area contributed by atoms with Gasteiger partial charge < -0.3 is 18.8 Å². The minimum Gasteiger partial charge on any atom is -0.472 e. The van der Waals surface area contributed by atoms with E-state index in [0.29, 0.717) is 24.0 Å². The lowest BCUT2D eigenvalue weighted by Crippen LogP contribution is -2.35. The number of imidazole rings is 1. The molecule has 0 aliphatic carbocycles. The summed E-state index contributed by atoms with van der Waals surface area (Å²) >= 11 is 5.18. The maximum atomic E-state index is 12.2. The van der Waals surface area contributed by atoms with Crippen molar-refractivity contribution in [2.24, 2.45) is 0 Å². The molecule has 0 bridgehead atoms. The first-order valence-corrected chi connectivity index (χ1v) is 14.9. The molecule has 0 unspecified atom stereocenters. The maximum absolute atomic E-state index is 12.2. The van der Waals surface area contributed by atoms with Gasteiger partial charge in [-0.3, -0.25) is 4.90 Å². The third-order valence-corrected chi connectivity index (χ3v) is 9.13. The number of likely N-dealkylation sites (tertiary alicyclic amines) is 1. The molecule has 8 nitrogen and oxygen atoms in total. The van der Waals surface area contributed by atoms with Crippen molar-refractivity contribution >= 4 is 44.3 Å². The minimum absolute atomic E-state index is 0.190. The second-order valence-electron chi connectivity index (χ2n) is 10.1. The molecule has 2 aliphatic heterocycles. The number of carbonyl (C=O) groups is 1. The number of pyridine rings is 1. The summed E-state index contributed by atoms with van der Waals surface area (Å²) in [6.07, 6.45) is 3.30. The third-order valence-electron chi connectivity index (χ3n) is 7.54. The lowest BCUT2D eigenvalue weighted by Gasteiger charge is -2.32. The van der Waals surface area contributed by atoms with E-state index >= 15 is 0 Å². The van der Waals surface area contributed by atoms with Gasteiger partial charge in [0.25, 0.3) is 0 Å². The van der Waals surface area contributed by atoms with E-state index in [-0.39, 0.29) is 12.1 Å². The van der Waals surface area contributed by atoms with Crippen LogP contribution < -0.4 is 4.74 Å². The van der Waals surface area contributed by atoms with Gasteiger partial charge in [-0.25, -0.2) is 14.8 Å². The Morgan fingerprint density at radius 2 is 1.97 bits per heavy atom. The summed E-state index contributed by atoms with van der Waals surface area (Å²) in [4.78, 5) is 25.6. The highest BCUT2D eigenvalue weighted by Gasteiger charge is 2.26. The lowest BCUT2D eigenvalue weighted by molar-refractivity contribution is -0.0592. The molecule has 0 spiro atoms. The number of halogens is 1. The van der Waals surface area contributed by atoms with Crippen LogP contribution in [0.25, 0.3) is 11.0 Å². The van der Waals surface area contributed by atoms with Crippen LogP contribution in [0.5, 0.6) is 5.88 Å². The van der Waals surface area contributed by atoms with Gasteiger partial charge in [-0.15, -0.1) is 11.3 Å². The zero-order valence-electron chi connectivity index (χ0n) is 21.8. The summed E-state index contributed by atoms with van der Waals surface area (Å²) < 4.78 is 20.0. The Labute approximate surface area is 240 Å². The van der Waals surface area contributed by atoms with E-state index in [1.165, 1.54) is 12.0 Å². The smallest absolute Gasteiger partial charge is 0.337 e. The maximum Gasteiger partial charge on any atom is 0.337 e. The van der Waals surface area contributed by atoms with Gasteiger partial charge in [0.05, 0.1) is 46.7 Å². The van der Waals surface area contributed by atoms with Crippen LogP contribution in [0, 0.1) is 0 Å². The number of hydrogen-bond acceptors (Lipinski definition) is 8. The van der Waals surface area contributed by atoms with E-state index in [1.807, 2.05) is 30.3 Å². The number of fused-ring (bicyclic) bond motifs is 1. The molecule has 0 amide bonds. The largest absolute Gasteiger partial charge is 0.472 e. The van der Waals surface area contributed by atoms with E-state index in [9.17, 15) is 4.79 Å². The average molecular weight is 612 g/mol. The molecule has 2 fully saturated rings. The second kappa shape index (κ2) is 11.8. The van der Waals surface area contributed by atoms with Crippen LogP contribution in [-0.4, -0.2) is 58.3 Å². The van der Waals surface area contributed by atoms with Gasteiger partial charge in [0.15, 0.2) is 0 Å². The number of hydrogen-bond donors (Lipinski definition) is 0. The number of esters is 1. The number of benzene rings is 1. The molecule has 2 aliphatic rings. The molecular formula is C29H31BrN4O4S. The van der Waals surface area contributed by atoms with Crippen LogP contribution in [0.3, 0.4) is 0 Å². The highest BCUT2D eigenvalue weighted by Crippen LogP contribution is 2.30. The average Bonchev–Trinajstić information content (AvgIpc) is 3.51. The van der Waals surface area contributed by atoms with E-state index in [4.69, 9.17) is 24.2 Å². The van der Waals surface area contributed by atoms with Gasteiger partial charge in [0.1, 0.15) is 12.4 Å². The number of methoxy groups -OCH3 is 1. The van der Waals surface area contributed by atoms with Crippen LogP contribution in [0.15, 0.2) is 52.3 Å². The van der Waals surface area contributed by atoms with Crippen LogP contribution in [-0.2, 0) is 29.2 Å². The fourth-order valence-corrected chi connectivity index (χ4v) is 6.67. The van der Waals surface area contributed by atoms with Crippen LogP contribution in [0.2, 0.25) is 0 Å². The second-order valence-corrected chi connectivity index (χ2v) is 12.6. The Morgan fingerprint density at radius 1 is 1.13 bits per heavy atom. The summed E-state index contributed by atoms with van der Waals surface area (Å²) in [5.74, 6) is 1.76. The summed E-state index contributed by atoms with van der Waals surface area (Å²) in [6, 6.07) is 15.8. The molecule has 39 heavy (non-hydrogen) atoms. The van der Waals surface area contributed by atoms with Gasteiger partial charge in [-0.05, 0) is 84.7 Å². The van der Waals surface area contributed by atoms with Crippen LogP contribution in [0.1, 0.15) is 51.9 Å². The quantitative estimate of drug-likeness (QED) is 0.222. The number of ether oxygens (including phenoxy) is 3. The van der Waals surface area contributed by atoms with E-state index in [0.717, 1.165) is 78.4 Å². The molecule has 5 heterocycles. The van der Waals surface area contributed by atoms with E-state index < -0.39 is 0 Å². The van der Waals surface area contributed by atoms with Crippen molar-refractivity contribution in [2.75, 3.05) is 26.8 Å². The number of thiophene rings is 1. The first-order chi connectivity index (χ1) is 19.1. The Kier molecular flexibility index (Phi) is 7.97. The molecule has 6 rings (SSSR count). The highest BCUT2D eigenvalue weighted by molar-refractivity contribution is 9.11. The Morgan fingerprint density at radius 3 is 2.69 bits per heavy atom. The summed E-state index contributed by atoms with van der Waals surface area (Å²) in [5, 5.41) is 0. The molecule has 1 aromatic carbocycles. The van der Waals surface area contributed by atoms with Crippen molar-refractivity contribution in [1.29, 1.82) is 0 Å². The first-order valence-electron chi connectivity index (χ1n) is 13.3. The molecule has 0 saturated carbocycles. The van der Waals surface area contributed by atoms with Gasteiger partial charge in [0, 0.05) is 29.2 Å². The molecule has 10 heteroatoms. The van der Waals surface area contributed by atoms with Crippen molar-refractivity contribution in [2.45, 2.75) is 51.0 Å². The number of carbonyl (C=O) groups excluding carboxylic acids is 1. The van der Waals surface area contributed by atoms with Crippen molar-refractivity contribution < 1.29 is 19.0 Å².